The molecular weight excluding hydrogens is 194 g/mol. The predicted molar refractivity (Wildman–Crippen MR) is 58.7 cm³/mol. The smallest absolute Gasteiger partial charge is 0.0586 e. The van der Waals surface area contributed by atoms with Crippen molar-refractivity contribution in [3.63, 3.8) is 0 Å². The maximum absolute atomic E-state index is 9.13. The summed E-state index contributed by atoms with van der Waals surface area (Å²) in [6, 6.07) is 0.465. The summed E-state index contributed by atoms with van der Waals surface area (Å²) in [6.07, 6.45) is 3.62. The monoisotopic (exact) mass is 217 g/mol. The molecule has 1 aliphatic rings. The normalized spacial score (nSPS) is 27.2. The zero-order valence-electron chi connectivity index (χ0n) is 9.70. The molecule has 1 rings (SSSR count). The standard InChI is InChI=1S/C11H23NO3/c1-11(7-13,8-14)6-12-9-3-4-10(5-9)15-2/h9-10,12-14H,3-8H2,1-2H3. The molecular formula is C11H23NO3. The van der Waals surface area contributed by atoms with Crippen LogP contribution in [0.3, 0.4) is 0 Å². The van der Waals surface area contributed by atoms with Crippen LogP contribution in [0, 0.1) is 5.41 Å². The second-order valence-corrected chi connectivity index (χ2v) is 4.88. The number of ether oxygens (including phenoxy) is 1. The van der Waals surface area contributed by atoms with Crippen LogP contribution in [0.2, 0.25) is 0 Å². The summed E-state index contributed by atoms with van der Waals surface area (Å²) >= 11 is 0. The van der Waals surface area contributed by atoms with E-state index in [4.69, 9.17) is 14.9 Å². The van der Waals surface area contributed by atoms with Gasteiger partial charge in [0.05, 0.1) is 19.3 Å². The number of rotatable bonds is 6. The molecule has 2 atom stereocenters. The van der Waals surface area contributed by atoms with Gasteiger partial charge in [-0.1, -0.05) is 6.92 Å². The second-order valence-electron chi connectivity index (χ2n) is 4.88. The molecule has 0 aromatic carbocycles. The fourth-order valence-electron chi connectivity index (χ4n) is 1.89. The summed E-state index contributed by atoms with van der Waals surface area (Å²) in [7, 11) is 1.75. The first-order chi connectivity index (χ1) is 7.13. The molecule has 0 aliphatic heterocycles. The maximum Gasteiger partial charge on any atom is 0.0586 e. The van der Waals surface area contributed by atoms with Crippen LogP contribution in [-0.4, -0.2) is 49.2 Å². The number of aliphatic hydroxyl groups is 2. The van der Waals surface area contributed by atoms with E-state index in [9.17, 15) is 0 Å². The first kappa shape index (κ1) is 12.9. The van der Waals surface area contributed by atoms with Crippen molar-refractivity contribution >= 4 is 0 Å². The highest BCUT2D eigenvalue weighted by molar-refractivity contribution is 4.84. The van der Waals surface area contributed by atoms with Crippen LogP contribution in [0.15, 0.2) is 0 Å². The Bertz CT molecular complexity index is 183. The average Bonchev–Trinajstić information content (AvgIpc) is 2.74. The summed E-state index contributed by atoms with van der Waals surface area (Å²) in [5.41, 5.74) is -0.412. The topological polar surface area (TPSA) is 61.7 Å². The Morgan fingerprint density at radius 3 is 2.47 bits per heavy atom. The third kappa shape index (κ3) is 3.72. The summed E-state index contributed by atoms with van der Waals surface area (Å²) < 4.78 is 5.29. The van der Waals surface area contributed by atoms with E-state index in [2.05, 4.69) is 5.32 Å². The molecule has 15 heavy (non-hydrogen) atoms. The van der Waals surface area contributed by atoms with Crippen molar-refractivity contribution in [1.29, 1.82) is 0 Å². The van der Waals surface area contributed by atoms with E-state index in [0.29, 0.717) is 18.7 Å². The van der Waals surface area contributed by atoms with Crippen LogP contribution in [0.25, 0.3) is 0 Å². The van der Waals surface area contributed by atoms with Crippen molar-refractivity contribution in [2.45, 2.75) is 38.3 Å². The lowest BCUT2D eigenvalue weighted by Gasteiger charge is -2.27. The Kier molecular flexibility index (Phi) is 4.99. The van der Waals surface area contributed by atoms with Gasteiger partial charge in [0.25, 0.3) is 0 Å². The van der Waals surface area contributed by atoms with Crippen LogP contribution in [-0.2, 0) is 4.74 Å². The molecule has 3 N–H and O–H groups in total. The highest BCUT2D eigenvalue weighted by Crippen LogP contribution is 2.22. The van der Waals surface area contributed by atoms with Gasteiger partial charge in [0.2, 0.25) is 0 Å². The van der Waals surface area contributed by atoms with Crippen molar-refractivity contribution < 1.29 is 14.9 Å². The van der Waals surface area contributed by atoms with Crippen LogP contribution < -0.4 is 5.32 Å². The fraction of sp³-hybridized carbons (Fsp3) is 1.00. The zero-order chi connectivity index (χ0) is 11.3. The van der Waals surface area contributed by atoms with Crippen LogP contribution in [0.1, 0.15) is 26.2 Å². The van der Waals surface area contributed by atoms with Crippen molar-refractivity contribution in [1.82, 2.24) is 5.32 Å². The SMILES string of the molecule is COC1CCC(NCC(C)(CO)CO)C1. The lowest BCUT2D eigenvalue weighted by molar-refractivity contribution is 0.0660. The fourth-order valence-corrected chi connectivity index (χ4v) is 1.89. The third-order valence-electron chi connectivity index (χ3n) is 3.30. The maximum atomic E-state index is 9.13. The van der Waals surface area contributed by atoms with E-state index >= 15 is 0 Å². The van der Waals surface area contributed by atoms with E-state index in [0.717, 1.165) is 19.3 Å². The molecule has 0 saturated heterocycles. The minimum atomic E-state index is -0.412. The molecule has 0 aromatic rings. The number of nitrogens with one attached hydrogen (secondary N) is 1. The summed E-state index contributed by atoms with van der Waals surface area (Å²) in [5.74, 6) is 0. The average molecular weight is 217 g/mol. The van der Waals surface area contributed by atoms with Gasteiger partial charge in [-0.05, 0) is 19.3 Å². The lowest BCUT2D eigenvalue weighted by Crippen LogP contribution is -2.41. The van der Waals surface area contributed by atoms with Gasteiger partial charge < -0.3 is 20.3 Å². The molecule has 4 nitrogen and oxygen atoms in total. The van der Waals surface area contributed by atoms with Crippen LogP contribution >= 0.6 is 0 Å². The first-order valence-electron chi connectivity index (χ1n) is 5.61. The number of hydrogen-bond acceptors (Lipinski definition) is 4. The molecule has 0 aromatic heterocycles. The largest absolute Gasteiger partial charge is 0.396 e. The highest BCUT2D eigenvalue weighted by Gasteiger charge is 2.28. The molecule has 90 valence electrons. The molecule has 0 heterocycles. The molecule has 1 fully saturated rings. The molecule has 1 aliphatic carbocycles. The van der Waals surface area contributed by atoms with Gasteiger partial charge in [0, 0.05) is 25.1 Å². The Hall–Kier alpha value is -0.160. The predicted octanol–water partition coefficient (Wildman–Crippen LogP) is 0.134. The molecule has 1 saturated carbocycles. The Morgan fingerprint density at radius 2 is 2.00 bits per heavy atom. The van der Waals surface area contributed by atoms with E-state index in [1.807, 2.05) is 6.92 Å². The van der Waals surface area contributed by atoms with E-state index in [-0.39, 0.29) is 13.2 Å². The van der Waals surface area contributed by atoms with E-state index < -0.39 is 5.41 Å². The van der Waals surface area contributed by atoms with E-state index in [1.54, 1.807) is 7.11 Å². The molecule has 0 radical (unpaired) electrons. The van der Waals surface area contributed by atoms with Gasteiger partial charge in [0.15, 0.2) is 0 Å². The van der Waals surface area contributed by atoms with Gasteiger partial charge in [-0.3, -0.25) is 0 Å². The zero-order valence-corrected chi connectivity index (χ0v) is 9.70. The number of hydrogen-bond donors (Lipinski definition) is 3. The van der Waals surface area contributed by atoms with Crippen molar-refractivity contribution in [3.05, 3.63) is 0 Å². The number of methoxy groups -OCH3 is 1. The van der Waals surface area contributed by atoms with Gasteiger partial charge in [0.1, 0.15) is 0 Å². The Balaban J connectivity index is 2.25. The Labute approximate surface area is 91.6 Å². The Morgan fingerprint density at radius 1 is 1.33 bits per heavy atom. The number of aliphatic hydroxyl groups excluding tert-OH is 2. The summed E-state index contributed by atoms with van der Waals surface area (Å²) in [5, 5.41) is 21.7. The van der Waals surface area contributed by atoms with Gasteiger partial charge in [-0.25, -0.2) is 0 Å². The molecule has 4 heteroatoms. The lowest BCUT2D eigenvalue weighted by atomic mass is 9.92. The minimum Gasteiger partial charge on any atom is -0.396 e. The first-order valence-corrected chi connectivity index (χ1v) is 5.61. The third-order valence-corrected chi connectivity index (χ3v) is 3.30. The highest BCUT2D eigenvalue weighted by atomic mass is 16.5. The van der Waals surface area contributed by atoms with Gasteiger partial charge in [-0.2, -0.15) is 0 Å². The van der Waals surface area contributed by atoms with Crippen LogP contribution in [0.5, 0.6) is 0 Å². The summed E-state index contributed by atoms with van der Waals surface area (Å²) in [6.45, 7) is 2.55. The summed E-state index contributed by atoms with van der Waals surface area (Å²) in [4.78, 5) is 0. The van der Waals surface area contributed by atoms with Crippen molar-refractivity contribution in [3.8, 4) is 0 Å². The molecule has 0 spiro atoms. The van der Waals surface area contributed by atoms with Crippen molar-refractivity contribution in [2.75, 3.05) is 26.9 Å². The van der Waals surface area contributed by atoms with Crippen molar-refractivity contribution in [2.24, 2.45) is 5.41 Å². The minimum absolute atomic E-state index is 0.0108. The second kappa shape index (κ2) is 5.80. The van der Waals surface area contributed by atoms with Crippen LogP contribution in [0.4, 0.5) is 0 Å². The van der Waals surface area contributed by atoms with Gasteiger partial charge in [-0.15, -0.1) is 0 Å². The molecule has 0 bridgehead atoms. The molecule has 2 unspecified atom stereocenters. The quantitative estimate of drug-likeness (QED) is 0.592. The molecule has 0 amide bonds. The van der Waals surface area contributed by atoms with Gasteiger partial charge >= 0.3 is 0 Å². The van der Waals surface area contributed by atoms with E-state index in [1.165, 1.54) is 0 Å².